The molecule has 1 aromatic carbocycles. The second-order valence-corrected chi connectivity index (χ2v) is 10.2. The van der Waals surface area contributed by atoms with Crippen LogP contribution in [0.4, 0.5) is 11.4 Å². The van der Waals surface area contributed by atoms with Gasteiger partial charge in [-0.25, -0.2) is 8.42 Å². The summed E-state index contributed by atoms with van der Waals surface area (Å²) < 4.78 is 38.4. The third kappa shape index (κ3) is 5.32. The number of anilines is 2. The van der Waals surface area contributed by atoms with Crippen molar-refractivity contribution in [2.45, 2.75) is 37.0 Å². The second kappa shape index (κ2) is 9.64. The fourth-order valence-electron chi connectivity index (χ4n) is 3.91. The highest BCUT2D eigenvalue weighted by molar-refractivity contribution is 7.89. The number of amides is 1. The summed E-state index contributed by atoms with van der Waals surface area (Å²) in [6.07, 6.45) is 5.71. The molecular formula is C21H31N3O5S. The van der Waals surface area contributed by atoms with Gasteiger partial charge in [-0.3, -0.25) is 4.79 Å². The Balaban J connectivity index is 1.54. The third-order valence-corrected chi connectivity index (χ3v) is 7.72. The first-order valence-corrected chi connectivity index (χ1v) is 12.3. The van der Waals surface area contributed by atoms with Crippen LogP contribution in [0.5, 0.6) is 0 Å². The van der Waals surface area contributed by atoms with Crippen LogP contribution in [0, 0.1) is 5.92 Å². The van der Waals surface area contributed by atoms with E-state index >= 15 is 0 Å². The summed E-state index contributed by atoms with van der Waals surface area (Å²) in [4.78, 5) is 14.9. The van der Waals surface area contributed by atoms with Gasteiger partial charge >= 0.3 is 0 Å². The van der Waals surface area contributed by atoms with Gasteiger partial charge in [-0.05, 0) is 56.2 Å². The lowest BCUT2D eigenvalue weighted by Crippen LogP contribution is -2.40. The van der Waals surface area contributed by atoms with Crippen molar-refractivity contribution in [1.29, 1.82) is 0 Å². The van der Waals surface area contributed by atoms with Crippen molar-refractivity contribution in [2.24, 2.45) is 5.92 Å². The van der Waals surface area contributed by atoms with Gasteiger partial charge in [-0.1, -0.05) is 0 Å². The molecule has 3 aliphatic rings. The monoisotopic (exact) mass is 437 g/mol. The van der Waals surface area contributed by atoms with E-state index in [-0.39, 0.29) is 17.4 Å². The molecule has 9 heteroatoms. The number of hydrogen-bond acceptors (Lipinski definition) is 6. The van der Waals surface area contributed by atoms with Crippen molar-refractivity contribution in [3.63, 3.8) is 0 Å². The average Bonchev–Trinajstić information content (AvgIpc) is 3.59. The van der Waals surface area contributed by atoms with Crippen molar-refractivity contribution >= 4 is 27.3 Å². The van der Waals surface area contributed by atoms with E-state index in [1.165, 1.54) is 23.6 Å². The lowest BCUT2D eigenvalue weighted by molar-refractivity contribution is -0.120. The normalized spacial score (nSPS) is 20.9. The van der Waals surface area contributed by atoms with E-state index in [0.29, 0.717) is 44.5 Å². The van der Waals surface area contributed by atoms with Gasteiger partial charge in [0.05, 0.1) is 36.1 Å². The van der Waals surface area contributed by atoms with Crippen molar-refractivity contribution < 1.29 is 22.7 Å². The minimum absolute atomic E-state index is 0.0175. The van der Waals surface area contributed by atoms with Crippen LogP contribution in [0.1, 0.15) is 32.1 Å². The summed E-state index contributed by atoms with van der Waals surface area (Å²) in [6, 6.07) is 5.06. The summed E-state index contributed by atoms with van der Waals surface area (Å²) >= 11 is 0. The predicted molar refractivity (Wildman–Crippen MR) is 114 cm³/mol. The molecule has 1 aliphatic carbocycles. The summed E-state index contributed by atoms with van der Waals surface area (Å²) in [6.45, 7) is 3.86. The molecule has 0 radical (unpaired) electrons. The Hall–Kier alpha value is -1.68. The smallest absolute Gasteiger partial charge is 0.250 e. The maximum absolute atomic E-state index is 13.1. The van der Waals surface area contributed by atoms with Crippen LogP contribution in [-0.2, 0) is 24.3 Å². The van der Waals surface area contributed by atoms with Crippen molar-refractivity contribution in [3.8, 4) is 0 Å². The number of carbonyl (C=O) groups is 1. The summed E-state index contributed by atoms with van der Waals surface area (Å²) in [5.41, 5.74) is 1.40. The van der Waals surface area contributed by atoms with E-state index in [1.54, 1.807) is 12.1 Å². The quantitative estimate of drug-likeness (QED) is 0.670. The first-order valence-electron chi connectivity index (χ1n) is 10.9. The van der Waals surface area contributed by atoms with E-state index in [9.17, 15) is 13.2 Å². The molecule has 0 spiro atoms. The van der Waals surface area contributed by atoms with Crippen LogP contribution in [0.25, 0.3) is 0 Å². The van der Waals surface area contributed by atoms with E-state index in [0.717, 1.165) is 31.6 Å². The average molecular weight is 438 g/mol. The van der Waals surface area contributed by atoms with Crippen LogP contribution in [0.3, 0.4) is 0 Å². The highest BCUT2D eigenvalue weighted by Gasteiger charge is 2.28. The standard InChI is InChI=1S/C21H31N3O5S/c25-21(16-29-15-17-4-5-17)22-19-14-18(30(26,27)24-10-12-28-13-11-24)6-7-20(19)23-8-2-1-3-9-23/h6-7,14,17H,1-5,8-13,15-16H2,(H,22,25). The molecule has 0 unspecified atom stereocenters. The van der Waals surface area contributed by atoms with Crippen LogP contribution < -0.4 is 10.2 Å². The number of nitrogens with zero attached hydrogens (tertiary/aromatic N) is 2. The molecule has 1 N–H and O–H groups in total. The number of ether oxygens (including phenoxy) is 2. The van der Waals surface area contributed by atoms with Gasteiger partial charge in [0.15, 0.2) is 0 Å². The summed E-state index contributed by atoms with van der Waals surface area (Å²) in [5.74, 6) is 0.332. The van der Waals surface area contributed by atoms with Crippen LogP contribution in [0.2, 0.25) is 0 Å². The minimum atomic E-state index is -3.64. The van der Waals surface area contributed by atoms with Gasteiger partial charge in [-0.2, -0.15) is 4.31 Å². The zero-order chi connectivity index (χ0) is 21.0. The van der Waals surface area contributed by atoms with Gasteiger partial charge in [0, 0.05) is 26.2 Å². The Morgan fingerprint density at radius 3 is 2.53 bits per heavy atom. The zero-order valence-electron chi connectivity index (χ0n) is 17.3. The van der Waals surface area contributed by atoms with Gasteiger partial charge in [0.1, 0.15) is 6.61 Å². The van der Waals surface area contributed by atoms with E-state index in [4.69, 9.17) is 9.47 Å². The topological polar surface area (TPSA) is 88.2 Å². The van der Waals surface area contributed by atoms with Crippen molar-refractivity contribution in [2.75, 3.05) is 62.8 Å². The van der Waals surface area contributed by atoms with Crippen LogP contribution in [-0.4, -0.2) is 71.2 Å². The van der Waals surface area contributed by atoms with Gasteiger partial charge in [0.25, 0.3) is 0 Å². The fraction of sp³-hybridized carbons (Fsp3) is 0.667. The number of rotatable bonds is 8. The van der Waals surface area contributed by atoms with Gasteiger partial charge < -0.3 is 19.7 Å². The lowest BCUT2D eigenvalue weighted by atomic mass is 10.1. The summed E-state index contributed by atoms with van der Waals surface area (Å²) in [5, 5.41) is 2.90. The maximum Gasteiger partial charge on any atom is 0.250 e. The Morgan fingerprint density at radius 2 is 1.83 bits per heavy atom. The molecule has 2 saturated heterocycles. The molecule has 0 bridgehead atoms. The molecule has 2 aliphatic heterocycles. The van der Waals surface area contributed by atoms with E-state index in [1.807, 2.05) is 6.07 Å². The molecule has 1 aromatic rings. The molecule has 0 atom stereocenters. The second-order valence-electron chi connectivity index (χ2n) is 8.25. The van der Waals surface area contributed by atoms with Crippen molar-refractivity contribution in [1.82, 2.24) is 4.31 Å². The minimum Gasteiger partial charge on any atom is -0.379 e. The molecule has 3 fully saturated rings. The Kier molecular flexibility index (Phi) is 6.92. The molecule has 1 saturated carbocycles. The zero-order valence-corrected chi connectivity index (χ0v) is 18.2. The predicted octanol–water partition coefficient (Wildman–Crippen LogP) is 2.06. The van der Waals surface area contributed by atoms with E-state index in [2.05, 4.69) is 10.2 Å². The Morgan fingerprint density at radius 1 is 1.10 bits per heavy atom. The van der Waals surface area contributed by atoms with Crippen molar-refractivity contribution in [3.05, 3.63) is 18.2 Å². The largest absolute Gasteiger partial charge is 0.379 e. The Bertz CT molecular complexity index is 844. The number of carbonyl (C=O) groups excluding carboxylic acids is 1. The number of benzene rings is 1. The Labute approximate surface area is 178 Å². The van der Waals surface area contributed by atoms with Crippen LogP contribution in [0.15, 0.2) is 23.1 Å². The molecule has 2 heterocycles. The van der Waals surface area contributed by atoms with Gasteiger partial charge in [0.2, 0.25) is 15.9 Å². The number of piperidine rings is 1. The highest BCUT2D eigenvalue weighted by atomic mass is 32.2. The number of sulfonamides is 1. The molecule has 1 amide bonds. The highest BCUT2D eigenvalue weighted by Crippen LogP contribution is 2.32. The SMILES string of the molecule is O=C(COCC1CC1)Nc1cc(S(=O)(=O)N2CCOCC2)ccc1N1CCCCC1. The molecule has 30 heavy (non-hydrogen) atoms. The molecule has 0 aromatic heterocycles. The molecular weight excluding hydrogens is 406 g/mol. The third-order valence-electron chi connectivity index (χ3n) is 5.83. The number of hydrogen-bond donors (Lipinski definition) is 1. The molecule has 166 valence electrons. The lowest BCUT2D eigenvalue weighted by Gasteiger charge is -2.31. The number of nitrogens with one attached hydrogen (secondary N) is 1. The fourth-order valence-corrected chi connectivity index (χ4v) is 5.35. The maximum atomic E-state index is 13.1. The first-order chi connectivity index (χ1) is 14.5. The van der Waals surface area contributed by atoms with Gasteiger partial charge in [-0.15, -0.1) is 0 Å². The summed E-state index contributed by atoms with van der Waals surface area (Å²) in [7, 11) is -3.64. The van der Waals surface area contributed by atoms with Crippen LogP contribution >= 0.6 is 0 Å². The molecule has 4 rings (SSSR count). The molecule has 8 nitrogen and oxygen atoms in total. The number of morpholine rings is 1. The van der Waals surface area contributed by atoms with E-state index < -0.39 is 10.0 Å². The first kappa shape index (κ1) is 21.5.